The second kappa shape index (κ2) is 9.04. The topological polar surface area (TPSA) is 51.3 Å². The van der Waals surface area contributed by atoms with Crippen molar-refractivity contribution in [2.45, 2.75) is 53.0 Å². The van der Waals surface area contributed by atoms with Crippen LogP contribution >= 0.6 is 0 Å². The number of amides is 1. The molecule has 4 nitrogen and oxygen atoms in total. The predicted molar refractivity (Wildman–Crippen MR) is 110 cm³/mol. The smallest absolute Gasteiger partial charge is 0.251 e. The van der Waals surface area contributed by atoms with Crippen LogP contribution in [0.2, 0.25) is 0 Å². The fourth-order valence-electron chi connectivity index (χ4n) is 3.69. The number of unbranched alkanes of at least 4 members (excludes halogenated alkanes) is 1. The van der Waals surface area contributed by atoms with E-state index in [0.29, 0.717) is 5.56 Å². The highest BCUT2D eigenvalue weighted by Crippen LogP contribution is 2.35. The largest absolute Gasteiger partial charge is 0.366 e. The number of hydrogen-bond acceptors (Lipinski definition) is 2. The zero-order valence-electron chi connectivity index (χ0n) is 16.9. The minimum absolute atomic E-state index is 0.329. The van der Waals surface area contributed by atoms with E-state index in [-0.39, 0.29) is 5.91 Å². The molecule has 2 N–H and O–H groups in total. The molecule has 1 amide bonds. The first-order valence-corrected chi connectivity index (χ1v) is 9.60. The molecule has 1 aromatic heterocycles. The molecule has 0 fully saturated rings. The van der Waals surface area contributed by atoms with Gasteiger partial charge in [-0.25, -0.2) is 0 Å². The van der Waals surface area contributed by atoms with Gasteiger partial charge in [0.15, 0.2) is 0 Å². The first-order chi connectivity index (χ1) is 12.4. The van der Waals surface area contributed by atoms with Crippen molar-refractivity contribution in [1.82, 2.24) is 9.47 Å². The molecule has 0 radical (unpaired) electrons. The van der Waals surface area contributed by atoms with Crippen molar-refractivity contribution in [2.75, 3.05) is 20.6 Å². The lowest BCUT2D eigenvalue weighted by molar-refractivity contribution is 0.1000. The number of carbonyl (C=O) groups is 1. The van der Waals surface area contributed by atoms with Gasteiger partial charge < -0.3 is 15.2 Å². The third-order valence-corrected chi connectivity index (χ3v) is 5.05. The predicted octanol–water partition coefficient (Wildman–Crippen LogP) is 4.17. The van der Waals surface area contributed by atoms with Crippen molar-refractivity contribution >= 4 is 5.91 Å². The van der Waals surface area contributed by atoms with Gasteiger partial charge in [-0.2, -0.15) is 0 Å². The van der Waals surface area contributed by atoms with Crippen LogP contribution in [0, 0.1) is 13.8 Å². The van der Waals surface area contributed by atoms with Crippen LogP contribution in [0.1, 0.15) is 53.5 Å². The average molecular weight is 356 g/mol. The van der Waals surface area contributed by atoms with Crippen molar-refractivity contribution in [3.05, 3.63) is 46.8 Å². The molecule has 26 heavy (non-hydrogen) atoms. The lowest BCUT2D eigenvalue weighted by Crippen LogP contribution is -2.17. The number of rotatable bonds is 9. The summed E-state index contributed by atoms with van der Waals surface area (Å²) in [5.74, 6) is -0.329. The minimum Gasteiger partial charge on any atom is -0.366 e. The van der Waals surface area contributed by atoms with Gasteiger partial charge in [0.1, 0.15) is 0 Å². The van der Waals surface area contributed by atoms with Gasteiger partial charge in [-0.15, -0.1) is 0 Å². The lowest BCUT2D eigenvalue weighted by atomic mass is 9.94. The number of aryl methyl sites for hydroxylation is 1. The second-order valence-corrected chi connectivity index (χ2v) is 7.37. The Kier molecular flexibility index (Phi) is 7.04. The van der Waals surface area contributed by atoms with Crippen LogP contribution < -0.4 is 5.73 Å². The summed E-state index contributed by atoms with van der Waals surface area (Å²) in [5, 5.41) is 0. The van der Waals surface area contributed by atoms with Crippen LogP contribution in [0.15, 0.2) is 24.3 Å². The van der Waals surface area contributed by atoms with Crippen molar-refractivity contribution in [1.29, 1.82) is 0 Å². The molecule has 0 saturated carbocycles. The first-order valence-electron chi connectivity index (χ1n) is 9.60. The van der Waals surface area contributed by atoms with Crippen LogP contribution in [0.5, 0.6) is 0 Å². The quantitative estimate of drug-likeness (QED) is 0.734. The number of benzene rings is 1. The highest BCUT2D eigenvalue weighted by atomic mass is 16.1. The van der Waals surface area contributed by atoms with Gasteiger partial charge in [0.2, 0.25) is 0 Å². The Bertz CT molecular complexity index is 759. The maximum atomic E-state index is 12.3. The summed E-state index contributed by atoms with van der Waals surface area (Å²) in [6, 6.07) is 8.28. The van der Waals surface area contributed by atoms with E-state index in [1.54, 1.807) is 0 Å². The van der Waals surface area contributed by atoms with Crippen molar-refractivity contribution in [2.24, 2.45) is 5.73 Å². The number of hydrogen-bond donors (Lipinski definition) is 1. The Morgan fingerprint density at radius 2 is 1.85 bits per heavy atom. The number of aromatic nitrogens is 1. The summed E-state index contributed by atoms with van der Waals surface area (Å²) in [5.41, 5.74) is 12.1. The Morgan fingerprint density at radius 1 is 1.15 bits per heavy atom. The van der Waals surface area contributed by atoms with Crippen LogP contribution in [0.4, 0.5) is 0 Å². The second-order valence-electron chi connectivity index (χ2n) is 7.37. The number of nitrogens with two attached hydrogens (primary N) is 1. The zero-order chi connectivity index (χ0) is 19.3. The number of nitrogens with zero attached hydrogens (tertiary/aromatic N) is 2. The van der Waals surface area contributed by atoms with E-state index in [2.05, 4.69) is 49.5 Å². The van der Waals surface area contributed by atoms with Crippen LogP contribution in [-0.2, 0) is 13.0 Å². The lowest BCUT2D eigenvalue weighted by Gasteiger charge is -2.15. The fraction of sp³-hybridized carbons (Fsp3) is 0.500. The molecule has 0 spiro atoms. The third-order valence-electron chi connectivity index (χ3n) is 5.05. The third kappa shape index (κ3) is 4.36. The summed E-state index contributed by atoms with van der Waals surface area (Å²) < 4.78 is 2.33. The van der Waals surface area contributed by atoms with E-state index in [1.807, 2.05) is 19.1 Å². The average Bonchev–Trinajstić information content (AvgIpc) is 2.85. The van der Waals surface area contributed by atoms with Gasteiger partial charge in [0.05, 0.1) is 5.56 Å². The van der Waals surface area contributed by atoms with E-state index in [0.717, 1.165) is 55.6 Å². The highest BCUT2D eigenvalue weighted by molar-refractivity contribution is 6.02. The van der Waals surface area contributed by atoms with E-state index >= 15 is 0 Å². The standard InChI is InChI=1S/C22H33N3O/c1-6-7-13-19-21(18-12-9-8-11-16(18)2)20(22(23)26)17(3)25(19)15-10-14-24(4)5/h8-9,11-12H,6-7,10,13-15H2,1-5H3,(H2,23,26). The van der Waals surface area contributed by atoms with Crippen LogP contribution in [-0.4, -0.2) is 36.0 Å². The number of primary amides is 1. The molecular weight excluding hydrogens is 322 g/mol. The molecule has 1 heterocycles. The van der Waals surface area contributed by atoms with Crippen LogP contribution in [0.25, 0.3) is 11.1 Å². The summed E-state index contributed by atoms with van der Waals surface area (Å²) >= 11 is 0. The van der Waals surface area contributed by atoms with E-state index in [4.69, 9.17) is 5.73 Å². The van der Waals surface area contributed by atoms with Gasteiger partial charge in [0.25, 0.3) is 5.91 Å². The van der Waals surface area contributed by atoms with Gasteiger partial charge in [-0.1, -0.05) is 37.6 Å². The Morgan fingerprint density at radius 3 is 2.42 bits per heavy atom. The molecule has 0 aliphatic heterocycles. The first kappa shape index (κ1) is 20.2. The van der Waals surface area contributed by atoms with Crippen molar-refractivity contribution in [3.63, 3.8) is 0 Å². The molecule has 0 saturated heterocycles. The number of carbonyl (C=O) groups excluding carboxylic acids is 1. The molecule has 1 aromatic carbocycles. The Hall–Kier alpha value is -2.07. The Balaban J connectivity index is 2.62. The summed E-state index contributed by atoms with van der Waals surface area (Å²) in [6.45, 7) is 8.27. The minimum atomic E-state index is -0.329. The maximum absolute atomic E-state index is 12.3. The molecular formula is C22H33N3O. The molecule has 0 bridgehead atoms. The summed E-state index contributed by atoms with van der Waals surface area (Å²) in [6.07, 6.45) is 4.25. The zero-order valence-corrected chi connectivity index (χ0v) is 16.9. The van der Waals surface area contributed by atoms with Gasteiger partial charge >= 0.3 is 0 Å². The molecule has 4 heteroatoms. The molecule has 0 unspecified atom stereocenters. The van der Waals surface area contributed by atoms with Crippen LogP contribution in [0.3, 0.4) is 0 Å². The van der Waals surface area contributed by atoms with Crippen molar-refractivity contribution < 1.29 is 4.79 Å². The SMILES string of the molecule is CCCCc1c(-c2ccccc2C)c(C(N)=O)c(C)n1CCCN(C)C. The molecule has 2 aromatic rings. The van der Waals surface area contributed by atoms with E-state index in [1.165, 1.54) is 11.3 Å². The van der Waals surface area contributed by atoms with E-state index < -0.39 is 0 Å². The molecule has 142 valence electrons. The van der Waals surface area contributed by atoms with E-state index in [9.17, 15) is 4.79 Å². The van der Waals surface area contributed by atoms with Gasteiger partial charge in [-0.05, 0) is 64.9 Å². The van der Waals surface area contributed by atoms with Gasteiger partial charge in [-0.3, -0.25) is 4.79 Å². The summed E-state index contributed by atoms with van der Waals surface area (Å²) in [4.78, 5) is 14.5. The monoisotopic (exact) mass is 355 g/mol. The van der Waals surface area contributed by atoms with Gasteiger partial charge in [0, 0.05) is 23.5 Å². The normalized spacial score (nSPS) is 11.3. The molecule has 0 aliphatic rings. The summed E-state index contributed by atoms with van der Waals surface area (Å²) in [7, 11) is 4.18. The fourth-order valence-corrected chi connectivity index (χ4v) is 3.69. The maximum Gasteiger partial charge on any atom is 0.251 e. The molecule has 0 aliphatic carbocycles. The molecule has 0 atom stereocenters. The Labute approximate surface area is 158 Å². The molecule has 2 rings (SSSR count). The highest BCUT2D eigenvalue weighted by Gasteiger charge is 2.25. The van der Waals surface area contributed by atoms with Crippen molar-refractivity contribution in [3.8, 4) is 11.1 Å².